The van der Waals surface area contributed by atoms with Crippen LogP contribution in [-0.2, 0) is 0 Å². The Morgan fingerprint density at radius 3 is 2.18 bits per heavy atom. The molecular weight excluding hydrogens is 148 g/mol. The second-order valence-electron chi connectivity index (χ2n) is 3.29. The molecule has 0 unspecified atom stereocenters. The summed E-state index contributed by atoms with van der Waals surface area (Å²) < 4.78 is 0. The fourth-order valence-corrected chi connectivity index (χ4v) is 2.27. The van der Waals surface area contributed by atoms with Gasteiger partial charge in [0.1, 0.15) is 8.07 Å². The van der Waals surface area contributed by atoms with Crippen LogP contribution in [0.25, 0.3) is 0 Å². The molecule has 0 heterocycles. The first-order valence-electron chi connectivity index (χ1n) is 3.86. The van der Waals surface area contributed by atoms with Gasteiger partial charge in [-0.3, -0.25) is 0 Å². The predicted molar refractivity (Wildman–Crippen MR) is 53.8 cm³/mol. The van der Waals surface area contributed by atoms with E-state index in [0.29, 0.717) is 0 Å². The summed E-state index contributed by atoms with van der Waals surface area (Å²) >= 11 is 0. The lowest BCUT2D eigenvalue weighted by Gasteiger charge is -2.16. The second-order valence-corrected chi connectivity index (χ2v) is 7.72. The van der Waals surface area contributed by atoms with Crippen molar-refractivity contribution in [1.82, 2.24) is 0 Å². The molecule has 0 aromatic heterocycles. The first-order valence-corrected chi connectivity index (χ1v) is 6.93. The Kier molecular flexibility index (Phi) is 2.30. The van der Waals surface area contributed by atoms with Gasteiger partial charge >= 0.3 is 0 Å². The summed E-state index contributed by atoms with van der Waals surface area (Å²) in [5.74, 6) is 0. The van der Waals surface area contributed by atoms with Crippen molar-refractivity contribution < 1.29 is 0 Å². The molecule has 11 heavy (non-hydrogen) atoms. The molecule has 0 N–H and O–H groups in total. The molecule has 1 aromatic carbocycles. The van der Waals surface area contributed by atoms with Crippen molar-refractivity contribution in [3.8, 4) is 0 Å². The van der Waals surface area contributed by atoms with Gasteiger partial charge in [0, 0.05) is 0 Å². The monoisotopic (exact) mass is 162 g/mol. The van der Waals surface area contributed by atoms with E-state index in [1.165, 1.54) is 5.19 Å². The maximum absolute atomic E-state index is 3.87. The predicted octanol–water partition coefficient (Wildman–Crippen LogP) is 2.33. The van der Waals surface area contributed by atoms with Crippen molar-refractivity contribution in [1.29, 1.82) is 0 Å². The summed E-state index contributed by atoms with van der Waals surface area (Å²) in [6.45, 7) is 8.47. The van der Waals surface area contributed by atoms with Crippen LogP contribution in [0.4, 0.5) is 0 Å². The van der Waals surface area contributed by atoms with Crippen LogP contribution in [0.15, 0.2) is 42.6 Å². The lowest BCUT2D eigenvalue weighted by atomic mass is 10.4. The summed E-state index contributed by atoms with van der Waals surface area (Å²) in [6.07, 6.45) is 0. The molecule has 0 atom stereocenters. The van der Waals surface area contributed by atoms with E-state index in [4.69, 9.17) is 0 Å². The molecule has 0 aliphatic heterocycles. The zero-order valence-corrected chi connectivity index (χ0v) is 8.17. The molecule has 0 aliphatic carbocycles. The largest absolute Gasteiger partial charge is 0.107 e. The molecule has 0 spiro atoms. The Morgan fingerprint density at radius 2 is 1.73 bits per heavy atom. The SMILES string of the molecule is C=C[Si](C)(C)c1ccccc1. The number of hydrogen-bond acceptors (Lipinski definition) is 0. The average Bonchev–Trinajstić information content (AvgIpc) is 2.06. The van der Waals surface area contributed by atoms with Crippen LogP contribution < -0.4 is 5.19 Å². The van der Waals surface area contributed by atoms with Crippen LogP contribution in [-0.4, -0.2) is 8.07 Å². The van der Waals surface area contributed by atoms with Crippen molar-refractivity contribution in [2.24, 2.45) is 0 Å². The highest BCUT2D eigenvalue weighted by atomic mass is 28.3. The third kappa shape index (κ3) is 1.81. The summed E-state index contributed by atoms with van der Waals surface area (Å²) in [4.78, 5) is 0. The molecule has 0 aliphatic rings. The topological polar surface area (TPSA) is 0 Å². The summed E-state index contributed by atoms with van der Waals surface area (Å²) in [6, 6.07) is 10.6. The molecule has 1 aromatic rings. The number of benzene rings is 1. The maximum atomic E-state index is 3.87. The van der Waals surface area contributed by atoms with E-state index < -0.39 is 8.07 Å². The second kappa shape index (κ2) is 3.05. The molecule has 0 amide bonds. The highest BCUT2D eigenvalue weighted by Crippen LogP contribution is 2.02. The zero-order chi connectivity index (χ0) is 8.32. The van der Waals surface area contributed by atoms with Gasteiger partial charge in [-0.2, -0.15) is 0 Å². The van der Waals surface area contributed by atoms with Crippen LogP contribution in [0.2, 0.25) is 13.1 Å². The molecule has 1 rings (SSSR count). The van der Waals surface area contributed by atoms with Crippen molar-refractivity contribution >= 4 is 13.3 Å². The molecule has 0 nitrogen and oxygen atoms in total. The molecule has 58 valence electrons. The highest BCUT2D eigenvalue weighted by Gasteiger charge is 2.17. The zero-order valence-electron chi connectivity index (χ0n) is 7.17. The number of rotatable bonds is 2. The first-order chi connectivity index (χ1) is 5.17. The molecule has 1 heteroatoms. The van der Waals surface area contributed by atoms with Crippen LogP contribution in [0.1, 0.15) is 0 Å². The third-order valence-corrected chi connectivity index (χ3v) is 4.87. The van der Waals surface area contributed by atoms with E-state index in [-0.39, 0.29) is 0 Å². The smallest absolute Gasteiger partial charge is 0.103 e. The molecular formula is C10H14Si. The summed E-state index contributed by atoms with van der Waals surface area (Å²) in [5, 5.41) is 1.45. The van der Waals surface area contributed by atoms with Crippen molar-refractivity contribution in [3.63, 3.8) is 0 Å². The van der Waals surface area contributed by atoms with Crippen molar-refractivity contribution in [3.05, 3.63) is 42.6 Å². The summed E-state index contributed by atoms with van der Waals surface area (Å²) in [5.41, 5.74) is 2.11. The van der Waals surface area contributed by atoms with Gasteiger partial charge in [-0.1, -0.05) is 54.3 Å². The van der Waals surface area contributed by atoms with E-state index in [0.717, 1.165) is 0 Å². The Labute approximate surface area is 69.6 Å². The van der Waals surface area contributed by atoms with E-state index in [9.17, 15) is 0 Å². The Morgan fingerprint density at radius 1 is 1.18 bits per heavy atom. The van der Waals surface area contributed by atoms with Gasteiger partial charge in [-0.15, -0.1) is 6.58 Å². The highest BCUT2D eigenvalue weighted by molar-refractivity contribution is 6.93. The minimum absolute atomic E-state index is 1.29. The van der Waals surface area contributed by atoms with Gasteiger partial charge in [-0.05, 0) is 0 Å². The van der Waals surface area contributed by atoms with Crippen molar-refractivity contribution in [2.45, 2.75) is 13.1 Å². The lowest BCUT2D eigenvalue weighted by Crippen LogP contribution is -2.38. The van der Waals surface area contributed by atoms with Gasteiger partial charge in [0.2, 0.25) is 0 Å². The van der Waals surface area contributed by atoms with Crippen molar-refractivity contribution in [2.75, 3.05) is 0 Å². The minimum atomic E-state index is -1.29. The first kappa shape index (κ1) is 8.28. The molecule has 0 fully saturated rings. The number of hydrogen-bond donors (Lipinski definition) is 0. The molecule has 0 radical (unpaired) electrons. The third-order valence-electron chi connectivity index (χ3n) is 2.03. The summed E-state index contributed by atoms with van der Waals surface area (Å²) in [7, 11) is -1.29. The van der Waals surface area contributed by atoms with E-state index in [1.807, 2.05) is 0 Å². The van der Waals surface area contributed by atoms with Gasteiger partial charge < -0.3 is 0 Å². The molecule has 0 saturated heterocycles. The van der Waals surface area contributed by atoms with Gasteiger partial charge in [-0.25, -0.2) is 0 Å². The fraction of sp³-hybridized carbons (Fsp3) is 0.200. The average molecular weight is 162 g/mol. The van der Waals surface area contributed by atoms with E-state index in [2.05, 4.69) is 55.7 Å². The Hall–Kier alpha value is -0.823. The standard InChI is InChI=1S/C10H14Si/c1-4-11(2,3)10-8-6-5-7-9-10/h4-9H,1H2,2-3H3. The minimum Gasteiger partial charge on any atom is -0.107 e. The Balaban J connectivity index is 3.02. The van der Waals surface area contributed by atoms with Crippen LogP contribution in [0.5, 0.6) is 0 Å². The maximum Gasteiger partial charge on any atom is 0.103 e. The van der Waals surface area contributed by atoms with Crippen LogP contribution in [0, 0.1) is 0 Å². The van der Waals surface area contributed by atoms with Gasteiger partial charge in [0.25, 0.3) is 0 Å². The van der Waals surface area contributed by atoms with Gasteiger partial charge in [0.15, 0.2) is 0 Å². The van der Waals surface area contributed by atoms with E-state index >= 15 is 0 Å². The molecule has 0 saturated carbocycles. The van der Waals surface area contributed by atoms with Crippen LogP contribution >= 0.6 is 0 Å². The normalized spacial score (nSPS) is 11.1. The van der Waals surface area contributed by atoms with E-state index in [1.54, 1.807) is 0 Å². The van der Waals surface area contributed by atoms with Crippen LogP contribution in [0.3, 0.4) is 0 Å². The fourth-order valence-electron chi connectivity index (χ4n) is 0.986. The molecule has 0 bridgehead atoms. The van der Waals surface area contributed by atoms with Gasteiger partial charge in [0.05, 0.1) is 0 Å². The Bertz CT molecular complexity index is 236. The lowest BCUT2D eigenvalue weighted by molar-refractivity contribution is 1.71. The quantitative estimate of drug-likeness (QED) is 0.585.